The van der Waals surface area contributed by atoms with Crippen LogP contribution in [0.5, 0.6) is 0 Å². The average Bonchev–Trinajstić information content (AvgIpc) is 2.70. The Balaban J connectivity index is 2.05. The molecule has 1 aromatic rings. The van der Waals surface area contributed by atoms with E-state index in [1.165, 1.54) is 6.07 Å². The van der Waals surface area contributed by atoms with Crippen LogP contribution in [0.3, 0.4) is 0 Å². The quantitative estimate of drug-likeness (QED) is 0.831. The second-order valence-electron chi connectivity index (χ2n) is 4.32. The van der Waals surface area contributed by atoms with Crippen molar-refractivity contribution in [3.63, 3.8) is 0 Å². The Labute approximate surface area is 98.0 Å². The molecule has 3 N–H and O–H groups in total. The van der Waals surface area contributed by atoms with Crippen LogP contribution in [-0.2, 0) is 4.79 Å². The fourth-order valence-corrected chi connectivity index (χ4v) is 2.12. The Hall–Kier alpha value is -1.49. The summed E-state index contributed by atoms with van der Waals surface area (Å²) in [7, 11) is 0. The minimum Gasteiger partial charge on any atom is -0.327 e. The van der Waals surface area contributed by atoms with Gasteiger partial charge in [0, 0.05) is 17.8 Å². The van der Waals surface area contributed by atoms with Gasteiger partial charge in [0.05, 0.1) is 5.92 Å². The maximum Gasteiger partial charge on any atom is 0.229 e. The van der Waals surface area contributed by atoms with Gasteiger partial charge in [-0.05, 0) is 25.0 Å². The van der Waals surface area contributed by atoms with Crippen LogP contribution in [-0.4, -0.2) is 11.9 Å². The number of anilines is 1. The summed E-state index contributed by atoms with van der Waals surface area (Å²) in [4.78, 5) is 11.8. The van der Waals surface area contributed by atoms with Crippen molar-refractivity contribution in [3.8, 4) is 0 Å². The highest BCUT2D eigenvalue weighted by Crippen LogP contribution is 2.25. The molecule has 2 unspecified atom stereocenters. The lowest BCUT2D eigenvalue weighted by molar-refractivity contribution is -0.120. The Morgan fingerprint density at radius 3 is 2.65 bits per heavy atom. The van der Waals surface area contributed by atoms with Gasteiger partial charge in [0.2, 0.25) is 5.91 Å². The fraction of sp³-hybridized carbons (Fsp3) is 0.417. The first-order chi connectivity index (χ1) is 8.08. The van der Waals surface area contributed by atoms with E-state index in [4.69, 9.17) is 5.73 Å². The maximum atomic E-state index is 12.9. The number of benzene rings is 1. The van der Waals surface area contributed by atoms with Crippen LogP contribution in [0.15, 0.2) is 18.2 Å². The number of amides is 1. The normalized spacial score (nSPS) is 23.7. The molecule has 1 saturated carbocycles. The van der Waals surface area contributed by atoms with E-state index in [2.05, 4.69) is 5.32 Å². The predicted octanol–water partition coefficient (Wildman–Crippen LogP) is 2.03. The third-order valence-electron chi connectivity index (χ3n) is 3.09. The molecule has 3 nitrogen and oxygen atoms in total. The number of nitrogens with one attached hydrogen (secondary N) is 1. The van der Waals surface area contributed by atoms with Gasteiger partial charge < -0.3 is 11.1 Å². The first kappa shape index (κ1) is 12.0. The van der Waals surface area contributed by atoms with E-state index in [1.54, 1.807) is 0 Å². The number of halogens is 2. The Morgan fingerprint density at radius 1 is 1.29 bits per heavy atom. The number of carbonyl (C=O) groups is 1. The van der Waals surface area contributed by atoms with Gasteiger partial charge in [0.1, 0.15) is 0 Å². The Kier molecular flexibility index (Phi) is 3.38. The Bertz CT molecular complexity index is 437. The number of hydrogen-bond donors (Lipinski definition) is 2. The zero-order chi connectivity index (χ0) is 12.4. The summed E-state index contributed by atoms with van der Waals surface area (Å²) >= 11 is 0. The first-order valence-corrected chi connectivity index (χ1v) is 5.59. The number of carbonyl (C=O) groups excluding carboxylic acids is 1. The molecule has 2 atom stereocenters. The van der Waals surface area contributed by atoms with Crippen LogP contribution >= 0.6 is 0 Å². The second kappa shape index (κ2) is 4.79. The van der Waals surface area contributed by atoms with Gasteiger partial charge in [-0.1, -0.05) is 6.42 Å². The third kappa shape index (κ3) is 2.61. The maximum absolute atomic E-state index is 12.9. The zero-order valence-electron chi connectivity index (χ0n) is 9.25. The van der Waals surface area contributed by atoms with E-state index in [1.807, 2.05) is 0 Å². The van der Waals surface area contributed by atoms with Crippen LogP contribution in [0.1, 0.15) is 19.3 Å². The van der Waals surface area contributed by atoms with Crippen molar-refractivity contribution in [1.82, 2.24) is 0 Å². The minimum atomic E-state index is -0.974. The van der Waals surface area contributed by atoms with Crippen molar-refractivity contribution in [3.05, 3.63) is 29.8 Å². The number of nitrogens with two attached hydrogens (primary N) is 1. The van der Waals surface area contributed by atoms with Gasteiger partial charge in [0.15, 0.2) is 11.6 Å². The van der Waals surface area contributed by atoms with Crippen molar-refractivity contribution in [2.45, 2.75) is 25.3 Å². The molecule has 1 amide bonds. The van der Waals surface area contributed by atoms with Crippen molar-refractivity contribution in [2.24, 2.45) is 11.7 Å². The monoisotopic (exact) mass is 240 g/mol. The SMILES string of the molecule is NC1CCCC1C(=O)Nc1ccc(F)c(F)c1. The number of hydrogen-bond acceptors (Lipinski definition) is 2. The molecule has 0 aliphatic heterocycles. The molecule has 92 valence electrons. The van der Waals surface area contributed by atoms with Crippen molar-refractivity contribution < 1.29 is 13.6 Å². The third-order valence-corrected chi connectivity index (χ3v) is 3.09. The summed E-state index contributed by atoms with van der Waals surface area (Å²) in [5, 5.41) is 2.56. The molecule has 0 heterocycles. The highest BCUT2D eigenvalue weighted by Gasteiger charge is 2.30. The number of rotatable bonds is 2. The predicted molar refractivity (Wildman–Crippen MR) is 60.3 cm³/mol. The van der Waals surface area contributed by atoms with Gasteiger partial charge in [-0.25, -0.2) is 8.78 Å². The van der Waals surface area contributed by atoms with Gasteiger partial charge in [-0.15, -0.1) is 0 Å². The van der Waals surface area contributed by atoms with E-state index in [-0.39, 0.29) is 23.6 Å². The highest BCUT2D eigenvalue weighted by atomic mass is 19.2. The molecule has 0 aromatic heterocycles. The molecule has 0 spiro atoms. The lowest BCUT2D eigenvalue weighted by Gasteiger charge is -2.15. The fourth-order valence-electron chi connectivity index (χ4n) is 2.12. The van der Waals surface area contributed by atoms with Crippen LogP contribution < -0.4 is 11.1 Å². The molecule has 0 radical (unpaired) electrons. The second-order valence-corrected chi connectivity index (χ2v) is 4.32. The minimum absolute atomic E-state index is 0.139. The summed E-state index contributed by atoms with van der Waals surface area (Å²) in [5.41, 5.74) is 6.05. The summed E-state index contributed by atoms with van der Waals surface area (Å²) in [6.45, 7) is 0. The zero-order valence-corrected chi connectivity index (χ0v) is 9.25. The molecule has 17 heavy (non-hydrogen) atoms. The topological polar surface area (TPSA) is 55.1 Å². The average molecular weight is 240 g/mol. The first-order valence-electron chi connectivity index (χ1n) is 5.59. The molecule has 0 saturated heterocycles. The molecule has 1 fully saturated rings. The summed E-state index contributed by atoms with van der Waals surface area (Å²) < 4.78 is 25.6. The van der Waals surface area contributed by atoms with E-state index in [0.717, 1.165) is 31.4 Å². The van der Waals surface area contributed by atoms with Crippen LogP contribution in [0.25, 0.3) is 0 Å². The largest absolute Gasteiger partial charge is 0.327 e. The Morgan fingerprint density at radius 2 is 2.06 bits per heavy atom. The van der Waals surface area contributed by atoms with Crippen molar-refractivity contribution in [1.29, 1.82) is 0 Å². The van der Waals surface area contributed by atoms with Crippen LogP contribution in [0.2, 0.25) is 0 Å². The van der Waals surface area contributed by atoms with Gasteiger partial charge in [-0.2, -0.15) is 0 Å². The molecular weight excluding hydrogens is 226 g/mol. The van der Waals surface area contributed by atoms with E-state index in [0.29, 0.717) is 0 Å². The molecule has 0 bridgehead atoms. The van der Waals surface area contributed by atoms with Gasteiger partial charge >= 0.3 is 0 Å². The summed E-state index contributed by atoms with van der Waals surface area (Å²) in [5.74, 6) is -2.36. The molecule has 1 aromatic carbocycles. The molecule has 5 heteroatoms. The lowest BCUT2D eigenvalue weighted by atomic mass is 10.0. The van der Waals surface area contributed by atoms with Crippen molar-refractivity contribution in [2.75, 3.05) is 5.32 Å². The molecule has 1 aliphatic carbocycles. The standard InChI is InChI=1S/C12H14F2N2O/c13-9-5-4-7(6-10(9)14)16-12(17)8-2-1-3-11(8)15/h4-6,8,11H,1-3,15H2,(H,16,17). The molecule has 1 aliphatic rings. The van der Waals surface area contributed by atoms with Crippen LogP contribution in [0.4, 0.5) is 14.5 Å². The van der Waals surface area contributed by atoms with E-state index in [9.17, 15) is 13.6 Å². The molecule has 2 rings (SSSR count). The van der Waals surface area contributed by atoms with E-state index >= 15 is 0 Å². The van der Waals surface area contributed by atoms with Gasteiger partial charge in [-0.3, -0.25) is 4.79 Å². The van der Waals surface area contributed by atoms with Crippen molar-refractivity contribution >= 4 is 11.6 Å². The van der Waals surface area contributed by atoms with Crippen LogP contribution in [0, 0.1) is 17.6 Å². The van der Waals surface area contributed by atoms with E-state index < -0.39 is 11.6 Å². The lowest BCUT2D eigenvalue weighted by Crippen LogP contribution is -2.34. The summed E-state index contributed by atoms with van der Waals surface area (Å²) in [6, 6.07) is 3.14. The molecular formula is C12H14F2N2O. The smallest absolute Gasteiger partial charge is 0.229 e. The van der Waals surface area contributed by atoms with Gasteiger partial charge in [0.25, 0.3) is 0 Å². The summed E-state index contributed by atoms with van der Waals surface area (Å²) in [6.07, 6.45) is 2.50. The highest BCUT2D eigenvalue weighted by molar-refractivity contribution is 5.93.